The van der Waals surface area contributed by atoms with Crippen molar-refractivity contribution in [3.05, 3.63) is 148 Å². The summed E-state index contributed by atoms with van der Waals surface area (Å²) in [5.74, 6) is 0. The zero-order valence-electron chi connectivity index (χ0n) is 23.6. The van der Waals surface area contributed by atoms with Crippen molar-refractivity contribution < 1.29 is 0 Å². The van der Waals surface area contributed by atoms with E-state index in [1.165, 1.54) is 82.8 Å². The van der Waals surface area contributed by atoms with E-state index >= 15 is 0 Å². The molecule has 1 aliphatic carbocycles. The van der Waals surface area contributed by atoms with Crippen LogP contribution in [0.15, 0.2) is 126 Å². The van der Waals surface area contributed by atoms with Crippen LogP contribution in [0, 0.1) is 0 Å². The van der Waals surface area contributed by atoms with E-state index in [0.29, 0.717) is 0 Å². The quantitative estimate of drug-likeness (QED) is 0.169. The summed E-state index contributed by atoms with van der Waals surface area (Å²) in [4.78, 5) is 2.55. The number of hydrogen-bond acceptors (Lipinski definition) is 1. The van der Waals surface area contributed by atoms with Crippen LogP contribution in [0.1, 0.15) is 36.1 Å². The van der Waals surface area contributed by atoms with Crippen molar-refractivity contribution in [3.63, 3.8) is 0 Å². The van der Waals surface area contributed by atoms with Gasteiger partial charge < -0.3 is 4.90 Å². The van der Waals surface area contributed by atoms with Crippen molar-refractivity contribution in [2.45, 2.75) is 25.7 Å². The third-order valence-corrected chi connectivity index (χ3v) is 10.3. The van der Waals surface area contributed by atoms with E-state index < -0.39 is 0 Å². The Bertz CT molecular complexity index is 2280. The summed E-state index contributed by atoms with van der Waals surface area (Å²) in [6, 6.07) is 45.3. The van der Waals surface area contributed by atoms with Crippen LogP contribution >= 0.6 is 15.9 Å². The van der Waals surface area contributed by atoms with Crippen molar-refractivity contribution in [2.75, 3.05) is 4.90 Å². The van der Waals surface area contributed by atoms with Crippen LogP contribution in [-0.2, 0) is 11.8 Å². The molecule has 0 aromatic heterocycles. The van der Waals surface area contributed by atoms with Crippen molar-refractivity contribution >= 4 is 65.3 Å². The minimum absolute atomic E-state index is 0.140. The predicted octanol–water partition coefficient (Wildman–Crippen LogP) is 11.6. The molecule has 0 saturated heterocycles. The zero-order valence-corrected chi connectivity index (χ0v) is 25.2. The van der Waals surface area contributed by atoms with Gasteiger partial charge in [-0.15, -0.1) is 0 Å². The van der Waals surface area contributed by atoms with Gasteiger partial charge in [0.25, 0.3) is 0 Å². The molecule has 1 aliphatic heterocycles. The first kappa shape index (κ1) is 24.2. The third kappa shape index (κ3) is 3.19. The molecular weight excluding hydrogens is 574 g/mol. The van der Waals surface area contributed by atoms with Crippen LogP contribution in [0.5, 0.6) is 0 Å². The van der Waals surface area contributed by atoms with Crippen LogP contribution in [-0.4, -0.2) is 0 Å². The van der Waals surface area contributed by atoms with E-state index in [2.05, 4.69) is 156 Å². The second-order valence-electron chi connectivity index (χ2n) is 12.3. The van der Waals surface area contributed by atoms with Gasteiger partial charge >= 0.3 is 0 Å². The summed E-state index contributed by atoms with van der Waals surface area (Å²) < 4.78 is 1.13. The van der Waals surface area contributed by atoms with E-state index in [1.54, 1.807) is 0 Å². The second-order valence-corrected chi connectivity index (χ2v) is 13.1. The van der Waals surface area contributed by atoms with Crippen molar-refractivity contribution in [3.8, 4) is 11.1 Å². The number of benzene rings is 7. The topological polar surface area (TPSA) is 3.24 Å². The van der Waals surface area contributed by atoms with E-state index in [0.717, 1.165) is 10.9 Å². The van der Waals surface area contributed by atoms with Gasteiger partial charge in [-0.05, 0) is 97.1 Å². The Morgan fingerprint density at radius 3 is 1.98 bits per heavy atom. The average molecular weight is 603 g/mol. The minimum Gasteiger partial charge on any atom is -0.309 e. The van der Waals surface area contributed by atoms with Crippen LogP contribution in [0.2, 0.25) is 0 Å². The molecule has 0 saturated carbocycles. The van der Waals surface area contributed by atoms with Crippen LogP contribution in [0.3, 0.4) is 0 Å². The van der Waals surface area contributed by atoms with E-state index in [9.17, 15) is 0 Å². The van der Waals surface area contributed by atoms with Gasteiger partial charge in [0.05, 0.1) is 17.1 Å². The summed E-state index contributed by atoms with van der Waals surface area (Å²) in [5.41, 5.74) is 12.0. The molecule has 1 heterocycles. The standard InChI is InChI=1S/C40H28BrN/c1-40(2)34-17-9-10-18-37(34)42(39-20-25-19-24-11-3-4-12-26(24)31(25)21-35(39)40)38-23-33-27-13-5-7-15-29(27)36(41)22-32(33)28-14-6-8-16-30(28)38/h3-18,20-23H,19H2,1-2H3. The van der Waals surface area contributed by atoms with Crippen LogP contribution in [0.25, 0.3) is 43.4 Å². The first-order valence-corrected chi connectivity index (χ1v) is 15.5. The number of rotatable bonds is 1. The summed E-state index contributed by atoms with van der Waals surface area (Å²) in [5, 5.41) is 7.59. The number of halogens is 1. The molecule has 1 nitrogen and oxygen atoms in total. The molecule has 0 fully saturated rings. The maximum atomic E-state index is 3.88. The Hall–Kier alpha value is -4.40. The Morgan fingerprint density at radius 2 is 1.14 bits per heavy atom. The fourth-order valence-electron chi connectivity index (χ4n) is 7.66. The van der Waals surface area contributed by atoms with Gasteiger partial charge in [-0.2, -0.15) is 0 Å². The highest BCUT2D eigenvalue weighted by Gasteiger charge is 2.39. The van der Waals surface area contributed by atoms with Gasteiger partial charge in [0, 0.05) is 15.3 Å². The molecule has 2 aliphatic rings. The SMILES string of the molecule is CC1(C)c2ccccc2N(c2cc3c4ccccc4c(Br)cc3c3ccccc23)c2cc3c(cc21)-c1ccccc1C3. The highest BCUT2D eigenvalue weighted by molar-refractivity contribution is 9.10. The average Bonchev–Trinajstić information content (AvgIpc) is 3.39. The van der Waals surface area contributed by atoms with Gasteiger partial charge in [-0.3, -0.25) is 0 Å². The molecule has 0 bridgehead atoms. The van der Waals surface area contributed by atoms with E-state index in [-0.39, 0.29) is 5.41 Å². The Labute approximate surface area is 254 Å². The number of nitrogens with zero attached hydrogens (tertiary/aromatic N) is 1. The van der Waals surface area contributed by atoms with Crippen LogP contribution < -0.4 is 4.90 Å². The van der Waals surface area contributed by atoms with E-state index in [1.807, 2.05) is 0 Å². The fourth-order valence-corrected chi connectivity index (χ4v) is 8.24. The smallest absolute Gasteiger partial charge is 0.0546 e. The first-order chi connectivity index (χ1) is 20.5. The molecule has 0 atom stereocenters. The van der Waals surface area contributed by atoms with Crippen molar-refractivity contribution in [1.82, 2.24) is 0 Å². The molecule has 0 spiro atoms. The summed E-state index contributed by atoms with van der Waals surface area (Å²) >= 11 is 3.88. The van der Waals surface area contributed by atoms with Gasteiger partial charge in [0.2, 0.25) is 0 Å². The molecular formula is C40H28BrN. The Morgan fingerprint density at radius 1 is 0.500 bits per heavy atom. The molecule has 2 heteroatoms. The largest absolute Gasteiger partial charge is 0.309 e. The lowest BCUT2D eigenvalue weighted by Gasteiger charge is -2.43. The maximum absolute atomic E-state index is 3.88. The maximum Gasteiger partial charge on any atom is 0.0546 e. The fraction of sp³-hybridized carbons (Fsp3) is 0.100. The second kappa shape index (κ2) is 8.56. The molecule has 0 amide bonds. The monoisotopic (exact) mass is 601 g/mol. The third-order valence-electron chi connectivity index (χ3n) is 9.69. The normalized spacial score (nSPS) is 14.6. The zero-order chi connectivity index (χ0) is 28.2. The molecule has 42 heavy (non-hydrogen) atoms. The molecule has 200 valence electrons. The van der Waals surface area contributed by atoms with Crippen molar-refractivity contribution in [2.24, 2.45) is 0 Å². The van der Waals surface area contributed by atoms with Gasteiger partial charge in [-0.1, -0.05) is 121 Å². The van der Waals surface area contributed by atoms with Crippen molar-refractivity contribution in [1.29, 1.82) is 0 Å². The minimum atomic E-state index is -0.140. The lowest BCUT2D eigenvalue weighted by Crippen LogP contribution is -2.31. The van der Waals surface area contributed by atoms with Gasteiger partial charge in [0.1, 0.15) is 0 Å². The Kier molecular flexibility index (Phi) is 4.94. The summed E-state index contributed by atoms with van der Waals surface area (Å²) in [6.07, 6.45) is 0.978. The first-order valence-electron chi connectivity index (χ1n) is 14.7. The highest BCUT2D eigenvalue weighted by Crippen LogP contribution is 2.56. The predicted molar refractivity (Wildman–Crippen MR) is 182 cm³/mol. The molecule has 0 unspecified atom stereocenters. The lowest BCUT2D eigenvalue weighted by molar-refractivity contribution is 0.632. The molecule has 7 aromatic carbocycles. The van der Waals surface area contributed by atoms with E-state index in [4.69, 9.17) is 0 Å². The number of hydrogen-bond donors (Lipinski definition) is 0. The summed E-state index contributed by atoms with van der Waals surface area (Å²) in [7, 11) is 0. The number of para-hydroxylation sites is 1. The molecule has 7 aromatic rings. The number of anilines is 3. The molecule has 0 N–H and O–H groups in total. The summed E-state index contributed by atoms with van der Waals surface area (Å²) in [6.45, 7) is 4.78. The van der Waals surface area contributed by atoms with Gasteiger partial charge in [0.15, 0.2) is 0 Å². The highest BCUT2D eigenvalue weighted by atomic mass is 79.9. The number of fused-ring (bicyclic) bond motifs is 10. The Balaban J connectivity index is 1.42. The van der Waals surface area contributed by atoms with Crippen LogP contribution in [0.4, 0.5) is 17.1 Å². The molecule has 9 rings (SSSR count). The van der Waals surface area contributed by atoms with Gasteiger partial charge in [-0.25, -0.2) is 0 Å². The molecule has 0 radical (unpaired) electrons. The lowest BCUT2D eigenvalue weighted by atomic mass is 9.72.